The first kappa shape index (κ1) is 22.7. The first-order valence-electron chi connectivity index (χ1n) is 11.9. The zero-order chi connectivity index (χ0) is 24.5. The fourth-order valence-electron chi connectivity index (χ4n) is 4.87. The van der Waals surface area contributed by atoms with Crippen molar-refractivity contribution in [3.05, 3.63) is 101 Å². The zero-order valence-electron chi connectivity index (χ0n) is 20.4. The zero-order valence-corrected chi connectivity index (χ0v) is 20.4. The van der Waals surface area contributed by atoms with Gasteiger partial charge in [-0.25, -0.2) is 0 Å². The Morgan fingerprint density at radius 3 is 2.51 bits per heavy atom. The normalized spacial score (nSPS) is 15.5. The molecule has 1 aromatic heterocycles. The predicted octanol–water partition coefficient (Wildman–Crippen LogP) is 4.45. The van der Waals surface area contributed by atoms with Crippen molar-refractivity contribution < 1.29 is 9.59 Å². The van der Waals surface area contributed by atoms with E-state index in [1.54, 1.807) is 9.80 Å². The summed E-state index contributed by atoms with van der Waals surface area (Å²) in [5, 5.41) is 4.59. The lowest BCUT2D eigenvalue weighted by atomic mass is 10.0. The third kappa shape index (κ3) is 4.52. The van der Waals surface area contributed by atoms with Crippen molar-refractivity contribution in [3.63, 3.8) is 0 Å². The maximum absolute atomic E-state index is 13.3. The van der Waals surface area contributed by atoms with Gasteiger partial charge in [-0.15, -0.1) is 0 Å². The molecule has 0 radical (unpaired) electrons. The Morgan fingerprint density at radius 2 is 1.74 bits per heavy atom. The van der Waals surface area contributed by atoms with Crippen LogP contribution in [0.1, 0.15) is 27.2 Å². The third-order valence-electron chi connectivity index (χ3n) is 6.84. The Balaban J connectivity index is 1.35. The highest BCUT2D eigenvalue weighted by atomic mass is 16.2. The van der Waals surface area contributed by atoms with Crippen LogP contribution in [0.4, 0.5) is 5.69 Å². The van der Waals surface area contributed by atoms with E-state index in [0.717, 1.165) is 28.0 Å². The smallest absolute Gasteiger partial charge is 0.253 e. The summed E-state index contributed by atoms with van der Waals surface area (Å²) in [5.74, 6) is 0.00272. The highest BCUT2D eigenvalue weighted by Crippen LogP contribution is 2.26. The second kappa shape index (κ2) is 9.29. The predicted molar refractivity (Wildman–Crippen MR) is 139 cm³/mol. The molecule has 35 heavy (non-hydrogen) atoms. The van der Waals surface area contributed by atoms with E-state index >= 15 is 0 Å². The highest BCUT2D eigenvalue weighted by Gasteiger charge is 2.28. The lowest BCUT2D eigenvalue weighted by Gasteiger charge is -2.20. The number of nitrogens with one attached hydrogen (secondary N) is 1. The van der Waals surface area contributed by atoms with Crippen LogP contribution in [0.15, 0.2) is 78.9 Å². The number of carbonyl (C=O) groups is 2. The summed E-state index contributed by atoms with van der Waals surface area (Å²) in [5.41, 5.74) is 5.80. The van der Waals surface area contributed by atoms with Crippen molar-refractivity contribution in [1.29, 1.82) is 0 Å². The highest BCUT2D eigenvalue weighted by molar-refractivity contribution is 5.95. The molecule has 2 amide bonds. The van der Waals surface area contributed by atoms with Gasteiger partial charge in [-0.05, 0) is 46.8 Å². The molecule has 0 aliphatic carbocycles. The number of nitrogens with zero attached hydrogens (tertiary/aromatic N) is 3. The van der Waals surface area contributed by atoms with Gasteiger partial charge in [-0.2, -0.15) is 0 Å². The summed E-state index contributed by atoms with van der Waals surface area (Å²) in [6, 6.07) is 25.7. The molecule has 0 saturated heterocycles. The number of aryl methyl sites for hydroxylation is 1. The Bertz CT molecular complexity index is 1390. The Labute approximate surface area is 205 Å². The largest absolute Gasteiger partial charge is 0.373 e. The number of carbonyl (C=O) groups excluding carboxylic acids is 2. The number of amides is 2. The molecule has 1 aliphatic rings. The van der Waals surface area contributed by atoms with Crippen molar-refractivity contribution >= 4 is 28.4 Å². The van der Waals surface area contributed by atoms with Gasteiger partial charge in [0, 0.05) is 56.6 Å². The summed E-state index contributed by atoms with van der Waals surface area (Å²) in [7, 11) is 5.68. The average Bonchev–Trinajstić information content (AvgIpc) is 3.13. The Hall–Kier alpha value is -4.06. The van der Waals surface area contributed by atoms with Crippen LogP contribution in [-0.4, -0.2) is 46.3 Å². The van der Waals surface area contributed by atoms with E-state index in [4.69, 9.17) is 0 Å². The molecular formula is C29H30N4O2. The number of rotatable bonds is 5. The molecular weight excluding hydrogens is 436 g/mol. The van der Waals surface area contributed by atoms with Gasteiger partial charge in [0.2, 0.25) is 5.91 Å². The number of anilines is 1. The minimum absolute atomic E-state index is 0.0443. The van der Waals surface area contributed by atoms with E-state index in [1.807, 2.05) is 81.8 Å². The average molecular weight is 467 g/mol. The lowest BCUT2D eigenvalue weighted by Crippen LogP contribution is -2.39. The molecule has 2 heterocycles. The van der Waals surface area contributed by atoms with Crippen molar-refractivity contribution in [2.24, 2.45) is 7.05 Å². The molecule has 0 unspecified atom stereocenters. The van der Waals surface area contributed by atoms with Crippen LogP contribution in [-0.2, 0) is 31.4 Å². The van der Waals surface area contributed by atoms with Crippen molar-refractivity contribution in [1.82, 2.24) is 14.4 Å². The van der Waals surface area contributed by atoms with Gasteiger partial charge in [0.05, 0.1) is 6.54 Å². The standard InChI is InChI=1S/C29H30N4O2/c1-31-18-23-16-22(13-14-25(23)30-26(29(31)35)15-20-9-5-4-6-10-20)28(34)32(2)19-24-17-21-11-7-8-12-27(21)33(24)3/h4-14,16-17,26,30H,15,18-19H2,1-3H3/t26-/m1/s1. The number of para-hydroxylation sites is 1. The minimum atomic E-state index is -0.348. The van der Waals surface area contributed by atoms with Gasteiger partial charge >= 0.3 is 0 Å². The molecule has 0 fully saturated rings. The Kier molecular flexibility index (Phi) is 6.03. The fourth-order valence-corrected chi connectivity index (χ4v) is 4.87. The van der Waals surface area contributed by atoms with Crippen LogP contribution in [0.25, 0.3) is 10.9 Å². The van der Waals surface area contributed by atoms with Crippen LogP contribution in [0.2, 0.25) is 0 Å². The van der Waals surface area contributed by atoms with Crippen molar-refractivity contribution in [2.75, 3.05) is 19.4 Å². The first-order valence-corrected chi connectivity index (χ1v) is 11.9. The van der Waals surface area contributed by atoms with Gasteiger partial charge in [0.25, 0.3) is 5.91 Å². The number of likely N-dealkylation sites (N-methyl/N-ethyl adjacent to an activating group) is 1. The van der Waals surface area contributed by atoms with Gasteiger partial charge in [-0.1, -0.05) is 48.5 Å². The summed E-state index contributed by atoms with van der Waals surface area (Å²) in [6.07, 6.45) is 0.609. The molecule has 5 rings (SSSR count). The fraction of sp³-hybridized carbons (Fsp3) is 0.241. The molecule has 0 saturated carbocycles. The summed E-state index contributed by atoms with van der Waals surface area (Å²) < 4.78 is 2.13. The number of aromatic nitrogens is 1. The molecule has 6 heteroatoms. The van der Waals surface area contributed by atoms with Crippen LogP contribution >= 0.6 is 0 Å². The minimum Gasteiger partial charge on any atom is -0.373 e. The SMILES string of the molecule is CN(Cc1cc2ccccc2n1C)C(=O)c1ccc2c(c1)CN(C)C(=O)[C@@H](Cc1ccccc1)N2. The summed E-state index contributed by atoms with van der Waals surface area (Å²) in [6.45, 7) is 0.970. The first-order chi connectivity index (χ1) is 16.9. The molecule has 1 atom stereocenters. The van der Waals surface area contributed by atoms with Gasteiger partial charge in [-0.3, -0.25) is 9.59 Å². The monoisotopic (exact) mass is 466 g/mol. The maximum atomic E-state index is 13.3. The van der Waals surface area contributed by atoms with E-state index in [2.05, 4.69) is 28.1 Å². The molecule has 4 aromatic rings. The number of hydrogen-bond donors (Lipinski definition) is 1. The number of hydrogen-bond acceptors (Lipinski definition) is 3. The summed E-state index contributed by atoms with van der Waals surface area (Å²) in [4.78, 5) is 29.8. The molecule has 0 spiro atoms. The second-order valence-electron chi connectivity index (χ2n) is 9.37. The number of fused-ring (bicyclic) bond motifs is 2. The van der Waals surface area contributed by atoms with E-state index in [9.17, 15) is 9.59 Å². The molecule has 0 bridgehead atoms. The quantitative estimate of drug-likeness (QED) is 0.473. The van der Waals surface area contributed by atoms with Crippen LogP contribution in [0.3, 0.4) is 0 Å². The molecule has 1 N–H and O–H groups in total. The summed E-state index contributed by atoms with van der Waals surface area (Å²) >= 11 is 0. The molecule has 6 nitrogen and oxygen atoms in total. The van der Waals surface area contributed by atoms with Crippen LogP contribution < -0.4 is 5.32 Å². The van der Waals surface area contributed by atoms with E-state index in [-0.39, 0.29) is 17.9 Å². The van der Waals surface area contributed by atoms with E-state index < -0.39 is 0 Å². The van der Waals surface area contributed by atoms with Crippen molar-refractivity contribution in [3.8, 4) is 0 Å². The maximum Gasteiger partial charge on any atom is 0.253 e. The Morgan fingerprint density at radius 1 is 1.00 bits per heavy atom. The topological polar surface area (TPSA) is 57.6 Å². The molecule has 1 aliphatic heterocycles. The lowest BCUT2D eigenvalue weighted by molar-refractivity contribution is -0.131. The second-order valence-corrected chi connectivity index (χ2v) is 9.37. The van der Waals surface area contributed by atoms with Gasteiger partial charge in [0.1, 0.15) is 6.04 Å². The van der Waals surface area contributed by atoms with Crippen LogP contribution in [0, 0.1) is 0 Å². The molecule has 3 aromatic carbocycles. The molecule has 178 valence electrons. The van der Waals surface area contributed by atoms with Crippen LogP contribution in [0.5, 0.6) is 0 Å². The van der Waals surface area contributed by atoms with Gasteiger partial charge in [0.15, 0.2) is 0 Å². The van der Waals surface area contributed by atoms with Crippen molar-refractivity contribution in [2.45, 2.75) is 25.6 Å². The van der Waals surface area contributed by atoms with Gasteiger partial charge < -0.3 is 19.7 Å². The number of benzene rings is 3. The third-order valence-corrected chi connectivity index (χ3v) is 6.84. The van der Waals surface area contributed by atoms with E-state index in [1.165, 1.54) is 5.39 Å². The van der Waals surface area contributed by atoms with E-state index in [0.29, 0.717) is 25.1 Å².